The zero-order valence-corrected chi connectivity index (χ0v) is 12.7. The Morgan fingerprint density at radius 1 is 0.913 bits per heavy atom. The maximum Gasteiger partial charge on any atom is 0.354 e. The average Bonchev–Trinajstić information content (AvgIpc) is 2.53. The Balaban J connectivity index is 2.34. The van der Waals surface area contributed by atoms with Gasteiger partial charge in [0.15, 0.2) is 11.4 Å². The molecule has 9 nitrogen and oxygen atoms in total. The van der Waals surface area contributed by atoms with E-state index in [4.69, 9.17) is 29.2 Å². The molecule has 1 rings (SSSR count). The Labute approximate surface area is 132 Å². The van der Waals surface area contributed by atoms with E-state index < -0.39 is 23.3 Å². The van der Waals surface area contributed by atoms with E-state index in [2.05, 4.69) is 4.98 Å². The van der Waals surface area contributed by atoms with E-state index in [1.54, 1.807) is 7.11 Å². The lowest BCUT2D eigenvalue weighted by atomic mass is 10.3. The van der Waals surface area contributed by atoms with Crippen LogP contribution >= 0.6 is 0 Å². The largest absolute Gasteiger partial charge is 0.491 e. The SMILES string of the molecule is COCCOCCOCCOc1cc(C(=O)O)nc(C(=O)O)c1. The molecule has 0 saturated heterocycles. The summed E-state index contributed by atoms with van der Waals surface area (Å²) in [6.07, 6.45) is 0. The van der Waals surface area contributed by atoms with Crippen LogP contribution in [0, 0.1) is 0 Å². The van der Waals surface area contributed by atoms with Gasteiger partial charge < -0.3 is 29.2 Å². The van der Waals surface area contributed by atoms with Crippen LogP contribution in [0.4, 0.5) is 0 Å². The minimum Gasteiger partial charge on any atom is -0.491 e. The fraction of sp³-hybridized carbons (Fsp3) is 0.500. The summed E-state index contributed by atoms with van der Waals surface area (Å²) in [5.41, 5.74) is -0.792. The van der Waals surface area contributed by atoms with Crippen LogP contribution in [-0.4, -0.2) is 73.9 Å². The van der Waals surface area contributed by atoms with Gasteiger partial charge in [-0.1, -0.05) is 0 Å². The van der Waals surface area contributed by atoms with E-state index in [0.717, 1.165) is 12.1 Å². The highest BCUT2D eigenvalue weighted by atomic mass is 16.6. The highest BCUT2D eigenvalue weighted by Crippen LogP contribution is 2.14. The second-order valence-corrected chi connectivity index (χ2v) is 4.25. The van der Waals surface area contributed by atoms with E-state index in [0.29, 0.717) is 26.4 Å². The first-order valence-corrected chi connectivity index (χ1v) is 6.80. The van der Waals surface area contributed by atoms with Gasteiger partial charge in [0.25, 0.3) is 0 Å². The van der Waals surface area contributed by atoms with Crippen LogP contribution in [0.1, 0.15) is 21.0 Å². The van der Waals surface area contributed by atoms with Crippen molar-refractivity contribution >= 4 is 11.9 Å². The van der Waals surface area contributed by atoms with Gasteiger partial charge in [-0.05, 0) is 0 Å². The van der Waals surface area contributed by atoms with Gasteiger partial charge in [-0.25, -0.2) is 14.6 Å². The molecule has 0 radical (unpaired) electrons. The van der Waals surface area contributed by atoms with Crippen LogP contribution in [0.5, 0.6) is 5.75 Å². The van der Waals surface area contributed by atoms with Crippen molar-refractivity contribution in [3.63, 3.8) is 0 Å². The molecule has 0 unspecified atom stereocenters. The molecule has 0 saturated carbocycles. The molecule has 0 atom stereocenters. The molecule has 0 aliphatic heterocycles. The van der Waals surface area contributed by atoms with Gasteiger partial charge in [0.2, 0.25) is 0 Å². The Kier molecular flexibility index (Phi) is 8.58. The monoisotopic (exact) mass is 329 g/mol. The van der Waals surface area contributed by atoms with Crippen molar-refractivity contribution in [2.45, 2.75) is 0 Å². The highest BCUT2D eigenvalue weighted by Gasteiger charge is 2.13. The zero-order valence-electron chi connectivity index (χ0n) is 12.7. The Morgan fingerprint density at radius 2 is 1.39 bits per heavy atom. The summed E-state index contributed by atoms with van der Waals surface area (Å²) in [7, 11) is 1.59. The summed E-state index contributed by atoms with van der Waals surface area (Å²) < 4.78 is 20.5. The summed E-state index contributed by atoms with van der Waals surface area (Å²) >= 11 is 0. The lowest BCUT2D eigenvalue weighted by Gasteiger charge is -2.09. The predicted octanol–water partition coefficient (Wildman–Crippen LogP) is 0.536. The Hall–Kier alpha value is -2.23. The third kappa shape index (κ3) is 7.54. The molecule has 0 aliphatic rings. The normalized spacial score (nSPS) is 10.5. The smallest absolute Gasteiger partial charge is 0.354 e. The number of carboxylic acids is 2. The lowest BCUT2D eigenvalue weighted by molar-refractivity contribution is 0.0179. The maximum atomic E-state index is 10.9. The molecule has 128 valence electrons. The number of aromatic carboxylic acids is 2. The van der Waals surface area contributed by atoms with Crippen molar-refractivity contribution in [3.05, 3.63) is 23.5 Å². The van der Waals surface area contributed by atoms with Crippen LogP contribution < -0.4 is 4.74 Å². The number of aromatic nitrogens is 1. The highest BCUT2D eigenvalue weighted by molar-refractivity contribution is 5.90. The Morgan fingerprint density at radius 3 is 1.87 bits per heavy atom. The number of hydrogen-bond donors (Lipinski definition) is 2. The minimum atomic E-state index is -1.33. The predicted molar refractivity (Wildman–Crippen MR) is 77.2 cm³/mol. The summed E-state index contributed by atoms with van der Waals surface area (Å²) in [6, 6.07) is 2.31. The first-order chi connectivity index (χ1) is 11.0. The molecule has 0 aliphatic carbocycles. The molecule has 0 bridgehead atoms. The topological polar surface area (TPSA) is 124 Å². The standard InChI is InChI=1S/C14H19NO8/c1-20-2-3-21-4-5-22-6-7-23-10-8-11(13(16)17)15-12(9-10)14(18)19/h8-9H,2-7H2,1H3,(H,16,17)(H,18,19). The van der Waals surface area contributed by atoms with Gasteiger partial charge in [0.05, 0.1) is 33.0 Å². The van der Waals surface area contributed by atoms with Crippen LogP contribution in [0.15, 0.2) is 12.1 Å². The van der Waals surface area contributed by atoms with Crippen LogP contribution in [0.3, 0.4) is 0 Å². The minimum absolute atomic E-state index is 0.106. The van der Waals surface area contributed by atoms with Crippen molar-refractivity contribution in [1.82, 2.24) is 4.98 Å². The van der Waals surface area contributed by atoms with Crippen LogP contribution in [0.2, 0.25) is 0 Å². The zero-order chi connectivity index (χ0) is 17.1. The number of carbonyl (C=O) groups is 2. The summed E-state index contributed by atoms with van der Waals surface area (Å²) in [6.45, 7) is 2.20. The number of nitrogens with zero attached hydrogens (tertiary/aromatic N) is 1. The molecule has 9 heteroatoms. The average molecular weight is 329 g/mol. The lowest BCUT2D eigenvalue weighted by Crippen LogP contribution is -2.13. The first kappa shape index (κ1) is 18.8. The third-order valence-corrected chi connectivity index (χ3v) is 2.54. The van der Waals surface area contributed by atoms with E-state index in [-0.39, 0.29) is 19.0 Å². The molecule has 0 amide bonds. The molecule has 23 heavy (non-hydrogen) atoms. The first-order valence-electron chi connectivity index (χ1n) is 6.80. The van der Waals surface area contributed by atoms with Crippen molar-refractivity contribution in [3.8, 4) is 5.75 Å². The number of carboxylic acid groups (broad SMARTS) is 2. The van der Waals surface area contributed by atoms with E-state index >= 15 is 0 Å². The van der Waals surface area contributed by atoms with Crippen LogP contribution in [0.25, 0.3) is 0 Å². The van der Waals surface area contributed by atoms with E-state index in [1.165, 1.54) is 0 Å². The molecular formula is C14H19NO8. The molecule has 0 fully saturated rings. The number of hydrogen-bond acceptors (Lipinski definition) is 7. The molecule has 0 aromatic carbocycles. The number of rotatable bonds is 12. The molecule has 1 heterocycles. The van der Waals surface area contributed by atoms with Crippen molar-refractivity contribution in [2.75, 3.05) is 46.8 Å². The summed E-state index contributed by atoms with van der Waals surface area (Å²) in [5.74, 6) is -2.56. The second kappa shape index (κ2) is 10.5. The molecular weight excluding hydrogens is 310 g/mol. The number of ether oxygens (including phenoxy) is 4. The molecule has 2 N–H and O–H groups in total. The molecule has 0 spiro atoms. The van der Waals surface area contributed by atoms with E-state index in [1.807, 2.05) is 0 Å². The maximum absolute atomic E-state index is 10.9. The van der Waals surface area contributed by atoms with Gasteiger partial charge >= 0.3 is 11.9 Å². The summed E-state index contributed by atoms with van der Waals surface area (Å²) in [5, 5.41) is 17.8. The van der Waals surface area contributed by atoms with Crippen molar-refractivity contribution in [1.29, 1.82) is 0 Å². The van der Waals surface area contributed by atoms with Gasteiger partial charge in [-0.15, -0.1) is 0 Å². The van der Waals surface area contributed by atoms with E-state index in [9.17, 15) is 9.59 Å². The molecule has 1 aromatic heterocycles. The number of pyridine rings is 1. The summed E-state index contributed by atoms with van der Waals surface area (Å²) in [4.78, 5) is 25.3. The number of methoxy groups -OCH3 is 1. The van der Waals surface area contributed by atoms with Gasteiger partial charge in [-0.2, -0.15) is 0 Å². The van der Waals surface area contributed by atoms with Crippen LogP contribution in [-0.2, 0) is 14.2 Å². The van der Waals surface area contributed by atoms with Gasteiger partial charge in [0, 0.05) is 19.2 Å². The fourth-order valence-corrected chi connectivity index (χ4v) is 1.49. The van der Waals surface area contributed by atoms with Gasteiger partial charge in [-0.3, -0.25) is 0 Å². The second-order valence-electron chi connectivity index (χ2n) is 4.25. The third-order valence-electron chi connectivity index (χ3n) is 2.54. The van der Waals surface area contributed by atoms with Crippen molar-refractivity contribution in [2.24, 2.45) is 0 Å². The molecule has 1 aromatic rings. The van der Waals surface area contributed by atoms with Gasteiger partial charge in [0.1, 0.15) is 12.4 Å². The Bertz CT molecular complexity index is 487. The van der Waals surface area contributed by atoms with Crippen molar-refractivity contribution < 1.29 is 38.7 Å². The fourth-order valence-electron chi connectivity index (χ4n) is 1.49. The quantitative estimate of drug-likeness (QED) is 0.528.